The summed E-state index contributed by atoms with van der Waals surface area (Å²) in [4.78, 5) is -0.543. The molecule has 0 aliphatic rings. The predicted molar refractivity (Wildman–Crippen MR) is 104 cm³/mol. The molecule has 0 aromatic heterocycles. The van der Waals surface area contributed by atoms with Crippen LogP contribution >= 0.6 is 15.9 Å². The third kappa shape index (κ3) is 3.76. The lowest BCUT2D eigenvalue weighted by Gasteiger charge is -2.24. The van der Waals surface area contributed by atoms with E-state index in [1.54, 1.807) is 12.1 Å². The Hall–Kier alpha value is -2.23. The van der Waals surface area contributed by atoms with Crippen molar-refractivity contribution in [1.82, 2.24) is 0 Å². The van der Waals surface area contributed by atoms with Crippen molar-refractivity contribution in [3.8, 4) is 0 Å². The molecule has 0 radical (unpaired) electrons. The molecule has 3 aromatic rings. The fourth-order valence-corrected chi connectivity index (χ4v) is 6.48. The fraction of sp³-hybridized carbons (Fsp3) is 0. The third-order valence-corrected chi connectivity index (χ3v) is 8.30. The summed E-state index contributed by atoms with van der Waals surface area (Å²) in [6, 6.07) is 17.5. The van der Waals surface area contributed by atoms with Gasteiger partial charge in [-0.2, -0.15) is 3.71 Å². The van der Waals surface area contributed by atoms with Crippen LogP contribution in [0.3, 0.4) is 0 Å². The molecule has 0 N–H and O–H groups in total. The molecule has 140 valence electrons. The van der Waals surface area contributed by atoms with Gasteiger partial charge in [0.05, 0.1) is 9.79 Å². The summed E-state index contributed by atoms with van der Waals surface area (Å²) < 4.78 is 67.7. The number of benzene rings is 3. The molecule has 0 fully saturated rings. The van der Waals surface area contributed by atoms with Crippen LogP contribution in [-0.2, 0) is 20.0 Å². The highest BCUT2D eigenvalue weighted by atomic mass is 79.9. The minimum absolute atomic E-state index is 0.131. The Bertz CT molecular complexity index is 1100. The molecule has 0 bridgehead atoms. The zero-order valence-electron chi connectivity index (χ0n) is 13.7. The number of halogens is 2. The van der Waals surface area contributed by atoms with E-state index in [-0.39, 0.29) is 13.5 Å². The van der Waals surface area contributed by atoms with Crippen LogP contribution in [0.2, 0.25) is 0 Å². The van der Waals surface area contributed by atoms with Crippen LogP contribution < -0.4 is 3.71 Å². The van der Waals surface area contributed by atoms with Crippen LogP contribution in [-0.4, -0.2) is 16.8 Å². The quantitative estimate of drug-likeness (QED) is 0.561. The topological polar surface area (TPSA) is 71.5 Å². The zero-order chi connectivity index (χ0) is 19.7. The average Bonchev–Trinajstić information content (AvgIpc) is 2.65. The van der Waals surface area contributed by atoms with E-state index in [0.717, 1.165) is 12.1 Å². The van der Waals surface area contributed by atoms with Gasteiger partial charge >= 0.3 is 0 Å². The summed E-state index contributed by atoms with van der Waals surface area (Å²) >= 11 is 3.08. The van der Waals surface area contributed by atoms with E-state index in [9.17, 15) is 21.2 Å². The molecule has 0 saturated heterocycles. The molecule has 0 atom stereocenters. The van der Waals surface area contributed by atoms with Crippen molar-refractivity contribution in [3.63, 3.8) is 0 Å². The van der Waals surface area contributed by atoms with Gasteiger partial charge in [0.2, 0.25) is 0 Å². The maximum Gasteiger partial charge on any atom is 0.277 e. The average molecular weight is 470 g/mol. The van der Waals surface area contributed by atoms with Gasteiger partial charge in [-0.25, -0.2) is 21.2 Å². The maximum absolute atomic E-state index is 14.6. The second kappa shape index (κ2) is 7.41. The summed E-state index contributed by atoms with van der Waals surface area (Å²) in [6.45, 7) is 0. The molecular weight excluding hydrogens is 457 g/mol. The van der Waals surface area contributed by atoms with Crippen LogP contribution in [0.4, 0.5) is 10.1 Å². The van der Waals surface area contributed by atoms with Crippen LogP contribution in [0.5, 0.6) is 0 Å². The minimum atomic E-state index is -4.61. The highest BCUT2D eigenvalue weighted by Gasteiger charge is 2.38. The van der Waals surface area contributed by atoms with Gasteiger partial charge in [0.15, 0.2) is 0 Å². The van der Waals surface area contributed by atoms with Crippen molar-refractivity contribution in [2.45, 2.75) is 9.79 Å². The Morgan fingerprint density at radius 1 is 0.704 bits per heavy atom. The standard InChI is InChI=1S/C18H13BrFNO4S2/c19-14-11-12-18(17(20)13-14)21(26(22,23)15-7-3-1-4-8-15)27(24,25)16-9-5-2-6-10-16/h1-13H. The monoisotopic (exact) mass is 469 g/mol. The van der Waals surface area contributed by atoms with Crippen LogP contribution in [0.25, 0.3) is 0 Å². The van der Waals surface area contributed by atoms with Crippen molar-refractivity contribution in [3.05, 3.63) is 89.2 Å². The number of hydrogen-bond acceptors (Lipinski definition) is 4. The third-order valence-electron chi connectivity index (χ3n) is 3.63. The summed E-state index contributed by atoms with van der Waals surface area (Å²) in [6.07, 6.45) is 0. The normalized spacial score (nSPS) is 11.9. The Morgan fingerprint density at radius 2 is 1.15 bits per heavy atom. The Labute approximate surface area is 165 Å². The second-order valence-corrected chi connectivity index (χ2v) is 10.1. The van der Waals surface area contributed by atoms with Gasteiger partial charge in [-0.1, -0.05) is 52.3 Å². The molecule has 3 aromatic carbocycles. The molecule has 0 amide bonds. The van der Waals surface area contributed by atoms with Crippen molar-refractivity contribution in [1.29, 1.82) is 0 Å². The summed E-state index contributed by atoms with van der Waals surface area (Å²) in [5.41, 5.74) is -0.592. The molecule has 0 heterocycles. The molecule has 3 rings (SSSR count). The molecule has 0 aliphatic carbocycles. The highest BCUT2D eigenvalue weighted by molar-refractivity contribution is 9.10. The number of hydrogen-bond donors (Lipinski definition) is 0. The van der Waals surface area contributed by atoms with E-state index < -0.39 is 31.6 Å². The van der Waals surface area contributed by atoms with Crippen molar-refractivity contribution >= 4 is 41.7 Å². The van der Waals surface area contributed by atoms with E-state index in [2.05, 4.69) is 15.9 Å². The first-order valence-electron chi connectivity index (χ1n) is 7.60. The lowest BCUT2D eigenvalue weighted by molar-refractivity contribution is 0.579. The van der Waals surface area contributed by atoms with Gasteiger partial charge in [0, 0.05) is 4.47 Å². The number of anilines is 1. The summed E-state index contributed by atoms with van der Waals surface area (Å²) in [5, 5.41) is 0. The van der Waals surface area contributed by atoms with Crippen molar-refractivity contribution in [2.24, 2.45) is 0 Å². The number of sulfonamides is 2. The Morgan fingerprint density at radius 3 is 1.56 bits per heavy atom. The molecular formula is C18H13BrFNO4S2. The summed E-state index contributed by atoms with van der Waals surface area (Å²) in [7, 11) is -9.21. The van der Waals surface area contributed by atoms with Gasteiger partial charge in [0.25, 0.3) is 20.0 Å². The largest absolute Gasteiger partial charge is 0.277 e. The first-order valence-corrected chi connectivity index (χ1v) is 11.3. The van der Waals surface area contributed by atoms with Crippen molar-refractivity contribution in [2.75, 3.05) is 3.71 Å². The minimum Gasteiger partial charge on any atom is -0.205 e. The van der Waals surface area contributed by atoms with E-state index in [1.165, 1.54) is 54.6 Å². The van der Waals surface area contributed by atoms with Gasteiger partial charge in [-0.15, -0.1) is 0 Å². The van der Waals surface area contributed by atoms with Gasteiger partial charge in [-0.05, 0) is 42.5 Å². The lowest BCUT2D eigenvalue weighted by atomic mass is 10.3. The van der Waals surface area contributed by atoms with Crippen LogP contribution in [0.15, 0.2) is 93.1 Å². The van der Waals surface area contributed by atoms with E-state index in [4.69, 9.17) is 0 Å². The zero-order valence-corrected chi connectivity index (χ0v) is 16.9. The lowest BCUT2D eigenvalue weighted by Crippen LogP contribution is -2.37. The maximum atomic E-state index is 14.6. The van der Waals surface area contributed by atoms with E-state index in [1.807, 2.05) is 0 Å². The molecule has 0 unspecified atom stereocenters. The fourth-order valence-electron chi connectivity index (χ4n) is 2.39. The number of nitrogens with zero attached hydrogens (tertiary/aromatic N) is 1. The first-order chi connectivity index (χ1) is 12.7. The Balaban J connectivity index is 2.31. The molecule has 0 aliphatic heterocycles. The van der Waals surface area contributed by atoms with E-state index >= 15 is 0 Å². The van der Waals surface area contributed by atoms with Gasteiger partial charge in [-0.3, -0.25) is 0 Å². The SMILES string of the molecule is O=S(=O)(c1ccccc1)N(c1ccc(Br)cc1F)S(=O)(=O)c1ccccc1. The van der Waals surface area contributed by atoms with Crippen LogP contribution in [0.1, 0.15) is 0 Å². The summed E-state index contributed by atoms with van der Waals surface area (Å²) in [5.74, 6) is -0.997. The van der Waals surface area contributed by atoms with Gasteiger partial charge in [0.1, 0.15) is 11.5 Å². The number of rotatable bonds is 5. The molecule has 27 heavy (non-hydrogen) atoms. The predicted octanol–water partition coefficient (Wildman–Crippen LogP) is 4.17. The van der Waals surface area contributed by atoms with E-state index in [0.29, 0.717) is 4.47 Å². The van der Waals surface area contributed by atoms with Crippen molar-refractivity contribution < 1.29 is 21.2 Å². The molecule has 0 saturated carbocycles. The van der Waals surface area contributed by atoms with Crippen LogP contribution in [0, 0.1) is 5.82 Å². The second-order valence-electron chi connectivity index (χ2n) is 5.43. The smallest absolute Gasteiger partial charge is 0.205 e. The molecule has 5 nitrogen and oxygen atoms in total. The Kier molecular flexibility index (Phi) is 5.36. The van der Waals surface area contributed by atoms with Gasteiger partial charge < -0.3 is 0 Å². The highest BCUT2D eigenvalue weighted by Crippen LogP contribution is 2.33. The first kappa shape index (κ1) is 19.5. The molecule has 0 spiro atoms. The molecule has 9 heteroatoms.